The fourth-order valence-electron chi connectivity index (χ4n) is 1.68. The van der Waals surface area contributed by atoms with Gasteiger partial charge in [0, 0.05) is 6.04 Å². The fourth-order valence-corrected chi connectivity index (χ4v) is 1.68. The van der Waals surface area contributed by atoms with Crippen LogP contribution in [0.3, 0.4) is 0 Å². The number of hydrogen-bond acceptors (Lipinski definition) is 3. The molecule has 0 saturated carbocycles. The molecule has 0 aliphatic heterocycles. The van der Waals surface area contributed by atoms with Gasteiger partial charge in [0.15, 0.2) is 0 Å². The SMILES string of the molecule is CC(C)C(N)N[C@@H](Cc1ccccc1)[C@@H](C)O.Cl.Cl. The van der Waals surface area contributed by atoms with Crippen molar-refractivity contribution in [2.24, 2.45) is 11.7 Å². The van der Waals surface area contributed by atoms with Gasteiger partial charge in [0.2, 0.25) is 0 Å². The molecule has 1 aromatic rings. The second-order valence-corrected chi connectivity index (χ2v) is 4.97. The van der Waals surface area contributed by atoms with Crippen LogP contribution in [-0.2, 0) is 6.42 Å². The molecule has 0 heterocycles. The predicted molar refractivity (Wildman–Crippen MR) is 86.1 cm³/mol. The lowest BCUT2D eigenvalue weighted by Gasteiger charge is -2.27. The Balaban J connectivity index is 0. The first-order valence-electron chi connectivity index (χ1n) is 6.24. The van der Waals surface area contributed by atoms with Crippen molar-refractivity contribution >= 4 is 24.8 Å². The van der Waals surface area contributed by atoms with Gasteiger partial charge in [-0.3, -0.25) is 5.32 Å². The summed E-state index contributed by atoms with van der Waals surface area (Å²) in [5.41, 5.74) is 7.20. The standard InChI is InChI=1S/C14H24N2O.2ClH/c1-10(2)14(15)16-13(11(3)17)9-12-7-5-4-6-8-12;;/h4-8,10-11,13-14,16-17H,9,15H2,1-3H3;2*1H/t11-,13+,14?;;/m1../s1. The van der Waals surface area contributed by atoms with Crippen molar-refractivity contribution in [3.8, 4) is 0 Å². The van der Waals surface area contributed by atoms with Crippen molar-refractivity contribution in [2.75, 3.05) is 0 Å². The molecule has 0 aliphatic rings. The van der Waals surface area contributed by atoms with Gasteiger partial charge in [-0.1, -0.05) is 44.2 Å². The van der Waals surface area contributed by atoms with Gasteiger partial charge in [0.25, 0.3) is 0 Å². The molecule has 0 aromatic heterocycles. The molecule has 0 amide bonds. The number of hydrogen-bond donors (Lipinski definition) is 3. The molecule has 0 spiro atoms. The molecule has 0 saturated heterocycles. The van der Waals surface area contributed by atoms with Crippen LogP contribution in [-0.4, -0.2) is 23.4 Å². The molecule has 4 N–H and O–H groups in total. The largest absolute Gasteiger partial charge is 0.392 e. The van der Waals surface area contributed by atoms with Crippen molar-refractivity contribution in [3.05, 3.63) is 35.9 Å². The molecule has 1 rings (SSSR count). The first-order chi connectivity index (χ1) is 8.00. The lowest BCUT2D eigenvalue weighted by molar-refractivity contribution is 0.132. The van der Waals surface area contributed by atoms with E-state index in [-0.39, 0.29) is 37.0 Å². The number of aliphatic hydroxyl groups is 1. The average Bonchev–Trinajstić information content (AvgIpc) is 2.29. The van der Waals surface area contributed by atoms with Crippen LogP contribution in [0.4, 0.5) is 0 Å². The summed E-state index contributed by atoms with van der Waals surface area (Å²) in [4.78, 5) is 0. The molecule has 0 radical (unpaired) electrons. The third kappa shape index (κ3) is 7.75. The van der Waals surface area contributed by atoms with Gasteiger partial charge in [-0.05, 0) is 24.8 Å². The molecule has 3 nitrogen and oxygen atoms in total. The van der Waals surface area contributed by atoms with Crippen molar-refractivity contribution in [1.29, 1.82) is 0 Å². The van der Waals surface area contributed by atoms with E-state index in [1.807, 2.05) is 18.2 Å². The zero-order valence-corrected chi connectivity index (χ0v) is 13.4. The molecule has 0 bridgehead atoms. The van der Waals surface area contributed by atoms with Crippen molar-refractivity contribution in [2.45, 2.75) is 45.5 Å². The molecule has 0 fully saturated rings. The smallest absolute Gasteiger partial charge is 0.0668 e. The molecule has 19 heavy (non-hydrogen) atoms. The summed E-state index contributed by atoms with van der Waals surface area (Å²) in [6.07, 6.45) is 0.289. The zero-order chi connectivity index (χ0) is 12.8. The molecule has 1 aromatic carbocycles. The highest BCUT2D eigenvalue weighted by atomic mass is 35.5. The minimum atomic E-state index is -0.417. The van der Waals surface area contributed by atoms with E-state index < -0.39 is 6.10 Å². The average molecular weight is 309 g/mol. The van der Waals surface area contributed by atoms with Crippen molar-refractivity contribution < 1.29 is 5.11 Å². The van der Waals surface area contributed by atoms with Gasteiger partial charge in [-0.15, -0.1) is 24.8 Å². The van der Waals surface area contributed by atoms with Crippen molar-refractivity contribution in [1.82, 2.24) is 5.32 Å². The van der Waals surface area contributed by atoms with E-state index in [2.05, 4.69) is 31.3 Å². The molecule has 5 heteroatoms. The Kier molecular flexibility index (Phi) is 11.6. The number of rotatable bonds is 6. The monoisotopic (exact) mass is 308 g/mol. The summed E-state index contributed by atoms with van der Waals surface area (Å²) >= 11 is 0. The number of nitrogens with two attached hydrogens (primary N) is 1. The first kappa shape index (κ1) is 21.0. The van der Waals surface area contributed by atoms with E-state index in [9.17, 15) is 5.11 Å². The van der Waals surface area contributed by atoms with Gasteiger partial charge in [0.1, 0.15) is 0 Å². The third-order valence-electron chi connectivity index (χ3n) is 3.01. The summed E-state index contributed by atoms with van der Waals surface area (Å²) in [7, 11) is 0. The molecular weight excluding hydrogens is 283 g/mol. The maximum absolute atomic E-state index is 9.79. The normalized spacial score (nSPS) is 15.1. The Bertz CT molecular complexity index is 320. The highest BCUT2D eigenvalue weighted by Gasteiger charge is 2.19. The lowest BCUT2D eigenvalue weighted by atomic mass is 10.0. The van der Waals surface area contributed by atoms with Gasteiger partial charge in [0.05, 0.1) is 12.3 Å². The first-order valence-corrected chi connectivity index (χ1v) is 6.24. The summed E-state index contributed by atoms with van der Waals surface area (Å²) < 4.78 is 0. The topological polar surface area (TPSA) is 58.3 Å². The second-order valence-electron chi connectivity index (χ2n) is 4.97. The van der Waals surface area contributed by atoms with E-state index in [1.165, 1.54) is 5.56 Å². The fraction of sp³-hybridized carbons (Fsp3) is 0.571. The van der Waals surface area contributed by atoms with Gasteiger partial charge in [-0.25, -0.2) is 0 Å². The minimum absolute atomic E-state index is 0. The van der Waals surface area contributed by atoms with Crippen LogP contribution in [0.15, 0.2) is 30.3 Å². The molecular formula is C14H26Cl2N2O. The van der Waals surface area contributed by atoms with Crippen LogP contribution in [0.5, 0.6) is 0 Å². The highest BCUT2D eigenvalue weighted by Crippen LogP contribution is 2.08. The van der Waals surface area contributed by atoms with Crippen molar-refractivity contribution in [3.63, 3.8) is 0 Å². The van der Waals surface area contributed by atoms with Crippen LogP contribution < -0.4 is 11.1 Å². The van der Waals surface area contributed by atoms with E-state index in [4.69, 9.17) is 5.73 Å². The molecule has 3 atom stereocenters. The second kappa shape index (κ2) is 10.5. The maximum atomic E-state index is 9.79. The maximum Gasteiger partial charge on any atom is 0.0668 e. The zero-order valence-electron chi connectivity index (χ0n) is 11.7. The van der Waals surface area contributed by atoms with Gasteiger partial charge >= 0.3 is 0 Å². The third-order valence-corrected chi connectivity index (χ3v) is 3.01. The number of nitrogens with one attached hydrogen (secondary N) is 1. The minimum Gasteiger partial charge on any atom is -0.392 e. The Labute approximate surface area is 128 Å². The summed E-state index contributed by atoms with van der Waals surface area (Å²) in [6.45, 7) is 5.94. The van der Waals surface area contributed by atoms with Crippen LogP contribution in [0.25, 0.3) is 0 Å². The number of benzene rings is 1. The Hall–Kier alpha value is -0.320. The summed E-state index contributed by atoms with van der Waals surface area (Å²) in [6, 6.07) is 10.1. The van der Waals surface area contributed by atoms with Gasteiger partial charge in [-0.2, -0.15) is 0 Å². The number of halogens is 2. The van der Waals surface area contributed by atoms with Crippen LogP contribution in [0, 0.1) is 5.92 Å². The highest BCUT2D eigenvalue weighted by molar-refractivity contribution is 5.85. The van der Waals surface area contributed by atoms with Crippen LogP contribution in [0.2, 0.25) is 0 Å². The molecule has 0 aliphatic carbocycles. The summed E-state index contributed by atoms with van der Waals surface area (Å²) in [5, 5.41) is 13.1. The van der Waals surface area contributed by atoms with E-state index in [1.54, 1.807) is 6.92 Å². The Morgan fingerprint density at radius 3 is 2.05 bits per heavy atom. The van der Waals surface area contributed by atoms with Crippen LogP contribution in [0.1, 0.15) is 26.3 Å². The Morgan fingerprint density at radius 1 is 1.11 bits per heavy atom. The quantitative estimate of drug-likeness (QED) is 0.707. The van der Waals surface area contributed by atoms with E-state index in [0.29, 0.717) is 5.92 Å². The lowest BCUT2D eigenvalue weighted by Crippen LogP contribution is -2.52. The van der Waals surface area contributed by atoms with E-state index in [0.717, 1.165) is 6.42 Å². The van der Waals surface area contributed by atoms with Crippen LogP contribution >= 0.6 is 24.8 Å². The number of aliphatic hydroxyl groups excluding tert-OH is 1. The molecule has 112 valence electrons. The molecule has 1 unspecified atom stereocenters. The summed E-state index contributed by atoms with van der Waals surface area (Å²) in [5.74, 6) is 0.354. The van der Waals surface area contributed by atoms with E-state index >= 15 is 0 Å². The Morgan fingerprint density at radius 2 is 1.63 bits per heavy atom. The predicted octanol–water partition coefficient (Wildman–Crippen LogP) is 2.35. The van der Waals surface area contributed by atoms with Gasteiger partial charge < -0.3 is 10.8 Å².